The van der Waals surface area contributed by atoms with E-state index in [1.807, 2.05) is 123 Å². The average molecular weight is 433 g/mol. The minimum absolute atomic E-state index is 0.590. The van der Waals surface area contributed by atoms with Crippen molar-refractivity contribution in [1.82, 2.24) is 0 Å². The fraction of sp³-hybridized carbons (Fsp3) is 0.0667. The quantitative estimate of drug-likeness (QED) is 0.268. The summed E-state index contributed by atoms with van der Waals surface area (Å²) in [5.41, 5.74) is 2.11. The van der Waals surface area contributed by atoms with Crippen LogP contribution in [-0.2, 0) is 0 Å². The van der Waals surface area contributed by atoms with Gasteiger partial charge in [0.15, 0.2) is 11.5 Å². The van der Waals surface area contributed by atoms with Crippen LogP contribution in [0.1, 0.15) is 11.1 Å². The number of rotatable bonds is 6. The first-order chi connectivity index (χ1) is 16.2. The maximum Gasteiger partial charge on any atom is 0.178 e. The van der Waals surface area contributed by atoms with E-state index in [4.69, 9.17) is 14.2 Å². The highest BCUT2D eigenvalue weighted by Gasteiger charge is 2.18. The number of ether oxygens (including phenoxy) is 3. The SMILES string of the molecule is Cc1ccccc1Oc1cc(Oc2ccccc2)c(Oc2ccccc2C)c2ccccc12. The summed E-state index contributed by atoms with van der Waals surface area (Å²) in [5, 5.41) is 1.86. The van der Waals surface area contributed by atoms with Crippen LogP contribution >= 0.6 is 0 Å². The van der Waals surface area contributed by atoms with Crippen molar-refractivity contribution in [2.24, 2.45) is 0 Å². The van der Waals surface area contributed by atoms with Gasteiger partial charge in [0.1, 0.15) is 23.0 Å². The van der Waals surface area contributed by atoms with Gasteiger partial charge in [0.25, 0.3) is 0 Å². The molecule has 3 nitrogen and oxygen atoms in total. The van der Waals surface area contributed by atoms with Gasteiger partial charge in [-0.15, -0.1) is 0 Å². The first-order valence-corrected chi connectivity index (χ1v) is 10.9. The molecule has 0 heterocycles. The highest BCUT2D eigenvalue weighted by molar-refractivity contribution is 5.96. The molecule has 5 aromatic rings. The van der Waals surface area contributed by atoms with Gasteiger partial charge in [-0.05, 0) is 49.2 Å². The van der Waals surface area contributed by atoms with E-state index in [1.54, 1.807) is 0 Å². The van der Waals surface area contributed by atoms with Gasteiger partial charge >= 0.3 is 0 Å². The maximum atomic E-state index is 6.47. The van der Waals surface area contributed by atoms with E-state index in [0.717, 1.165) is 39.1 Å². The number of hydrogen-bond donors (Lipinski definition) is 0. The minimum Gasteiger partial charge on any atom is -0.456 e. The molecule has 0 unspecified atom stereocenters. The molecule has 33 heavy (non-hydrogen) atoms. The number of aryl methyl sites for hydroxylation is 2. The predicted molar refractivity (Wildman–Crippen MR) is 133 cm³/mol. The first-order valence-electron chi connectivity index (χ1n) is 10.9. The third-order valence-corrected chi connectivity index (χ3v) is 5.51. The Morgan fingerprint density at radius 2 is 0.970 bits per heavy atom. The summed E-state index contributed by atoms with van der Waals surface area (Å²) in [6.45, 7) is 4.07. The summed E-state index contributed by atoms with van der Waals surface area (Å²) in [4.78, 5) is 0. The molecule has 0 saturated carbocycles. The Balaban J connectivity index is 1.69. The second-order valence-electron chi connectivity index (χ2n) is 7.90. The third-order valence-electron chi connectivity index (χ3n) is 5.51. The van der Waals surface area contributed by atoms with E-state index in [-0.39, 0.29) is 0 Å². The maximum absolute atomic E-state index is 6.47. The van der Waals surface area contributed by atoms with Crippen LogP contribution in [-0.4, -0.2) is 0 Å². The molecule has 0 spiro atoms. The third kappa shape index (κ3) is 4.39. The van der Waals surface area contributed by atoms with Gasteiger partial charge in [-0.2, -0.15) is 0 Å². The Morgan fingerprint density at radius 1 is 0.424 bits per heavy atom. The van der Waals surface area contributed by atoms with E-state index in [0.29, 0.717) is 17.2 Å². The van der Waals surface area contributed by atoms with E-state index in [2.05, 4.69) is 0 Å². The number of hydrogen-bond acceptors (Lipinski definition) is 3. The minimum atomic E-state index is 0.590. The topological polar surface area (TPSA) is 27.7 Å². The Hall–Kier alpha value is -4.24. The van der Waals surface area contributed by atoms with Crippen LogP contribution in [0.4, 0.5) is 0 Å². The van der Waals surface area contributed by atoms with Crippen molar-refractivity contribution in [3.05, 3.63) is 120 Å². The lowest BCUT2D eigenvalue weighted by Gasteiger charge is -2.19. The summed E-state index contributed by atoms with van der Waals surface area (Å²) in [6.07, 6.45) is 0. The molecule has 0 fully saturated rings. The van der Waals surface area contributed by atoms with Crippen LogP contribution in [0.15, 0.2) is 109 Å². The summed E-state index contributed by atoms with van der Waals surface area (Å²) in [7, 11) is 0. The standard InChI is InChI=1S/C30H24O3/c1-21-12-6-10-18-26(21)32-28-20-29(31-23-14-4-3-5-15-23)30(25-17-9-8-16-24(25)28)33-27-19-11-7-13-22(27)2/h3-20H,1-2H3. The van der Waals surface area contributed by atoms with Gasteiger partial charge in [-0.3, -0.25) is 0 Å². The summed E-state index contributed by atoms with van der Waals surface area (Å²) >= 11 is 0. The zero-order valence-corrected chi connectivity index (χ0v) is 18.6. The molecule has 162 valence electrons. The van der Waals surface area contributed by atoms with Crippen molar-refractivity contribution in [2.75, 3.05) is 0 Å². The lowest BCUT2D eigenvalue weighted by Crippen LogP contribution is -1.96. The van der Waals surface area contributed by atoms with E-state index in [9.17, 15) is 0 Å². The summed E-state index contributed by atoms with van der Waals surface area (Å²) in [6, 6.07) is 35.6. The highest BCUT2D eigenvalue weighted by atomic mass is 16.5. The molecule has 5 aromatic carbocycles. The molecule has 0 aliphatic heterocycles. The molecule has 0 aliphatic rings. The van der Waals surface area contributed by atoms with Crippen LogP contribution in [0.5, 0.6) is 34.5 Å². The van der Waals surface area contributed by atoms with Crippen LogP contribution < -0.4 is 14.2 Å². The highest BCUT2D eigenvalue weighted by Crippen LogP contribution is 2.46. The van der Waals surface area contributed by atoms with Crippen molar-refractivity contribution in [3.63, 3.8) is 0 Å². The molecule has 0 atom stereocenters. The van der Waals surface area contributed by atoms with Gasteiger partial charge in [0, 0.05) is 16.8 Å². The largest absolute Gasteiger partial charge is 0.456 e. The Morgan fingerprint density at radius 3 is 1.64 bits per heavy atom. The van der Waals surface area contributed by atoms with Gasteiger partial charge in [0.05, 0.1) is 0 Å². The molecule has 0 bridgehead atoms. The van der Waals surface area contributed by atoms with E-state index < -0.39 is 0 Å². The van der Waals surface area contributed by atoms with Crippen molar-refractivity contribution in [1.29, 1.82) is 0 Å². The molecule has 0 radical (unpaired) electrons. The first kappa shape index (κ1) is 20.7. The molecule has 5 rings (SSSR count). The molecule has 0 N–H and O–H groups in total. The molecular weight excluding hydrogens is 408 g/mol. The van der Waals surface area contributed by atoms with Crippen molar-refractivity contribution in [2.45, 2.75) is 13.8 Å². The molecule has 3 heteroatoms. The molecular formula is C30H24O3. The Labute approximate surface area is 193 Å². The fourth-order valence-electron chi connectivity index (χ4n) is 3.74. The van der Waals surface area contributed by atoms with E-state index in [1.165, 1.54) is 0 Å². The number of fused-ring (bicyclic) bond motifs is 1. The summed E-state index contributed by atoms with van der Waals surface area (Å²) in [5.74, 6) is 4.27. The normalized spacial score (nSPS) is 10.7. The van der Waals surface area contributed by atoms with Gasteiger partial charge < -0.3 is 14.2 Å². The predicted octanol–water partition coefficient (Wildman–Crippen LogP) is 8.83. The fourth-order valence-corrected chi connectivity index (χ4v) is 3.74. The zero-order chi connectivity index (χ0) is 22.6. The van der Waals surface area contributed by atoms with Crippen molar-refractivity contribution >= 4 is 10.8 Å². The van der Waals surface area contributed by atoms with Crippen LogP contribution in [0, 0.1) is 13.8 Å². The number of benzene rings is 5. The molecule has 0 saturated heterocycles. The molecule has 0 amide bonds. The number of para-hydroxylation sites is 3. The van der Waals surface area contributed by atoms with Crippen LogP contribution in [0.3, 0.4) is 0 Å². The van der Waals surface area contributed by atoms with Gasteiger partial charge in [-0.25, -0.2) is 0 Å². The lowest BCUT2D eigenvalue weighted by molar-refractivity contribution is 0.416. The van der Waals surface area contributed by atoms with Gasteiger partial charge in [0.2, 0.25) is 0 Å². The Kier molecular flexibility index (Phi) is 5.69. The zero-order valence-electron chi connectivity index (χ0n) is 18.6. The summed E-state index contributed by atoms with van der Waals surface area (Å²) < 4.78 is 19.2. The van der Waals surface area contributed by atoms with E-state index >= 15 is 0 Å². The monoisotopic (exact) mass is 432 g/mol. The van der Waals surface area contributed by atoms with Crippen molar-refractivity contribution < 1.29 is 14.2 Å². The molecule has 0 aliphatic carbocycles. The Bertz CT molecular complexity index is 1410. The second-order valence-corrected chi connectivity index (χ2v) is 7.90. The van der Waals surface area contributed by atoms with Crippen LogP contribution in [0.25, 0.3) is 10.8 Å². The van der Waals surface area contributed by atoms with Crippen molar-refractivity contribution in [3.8, 4) is 34.5 Å². The molecule has 0 aromatic heterocycles. The van der Waals surface area contributed by atoms with Gasteiger partial charge in [-0.1, -0.05) is 78.9 Å². The second kappa shape index (κ2) is 9.09. The van der Waals surface area contributed by atoms with Crippen LogP contribution in [0.2, 0.25) is 0 Å². The smallest absolute Gasteiger partial charge is 0.178 e. The average Bonchev–Trinajstić information content (AvgIpc) is 2.84. The lowest BCUT2D eigenvalue weighted by atomic mass is 10.1.